The molecule has 3 N–H and O–H groups in total. The molecule has 0 bridgehead atoms. The van der Waals surface area contributed by atoms with Crippen LogP contribution in [0.2, 0.25) is 0 Å². The molecule has 4 nitrogen and oxygen atoms in total. The molecule has 48 heavy (non-hydrogen) atoms. The monoisotopic (exact) mass is 621 g/mol. The van der Waals surface area contributed by atoms with E-state index in [-0.39, 0.29) is 6.04 Å². The number of hydrogen-bond donors (Lipinski definition) is 2. The van der Waals surface area contributed by atoms with Gasteiger partial charge in [-0.1, -0.05) is 127 Å². The number of aryl methyl sites for hydroxylation is 2. The topological polar surface area (TPSA) is 63.5 Å². The van der Waals surface area contributed by atoms with Crippen LogP contribution in [-0.4, -0.2) is 5.84 Å². The van der Waals surface area contributed by atoms with Gasteiger partial charge in [0.05, 0.1) is 0 Å². The molecule has 4 heteroatoms. The van der Waals surface area contributed by atoms with E-state index in [2.05, 4.69) is 145 Å². The molecular weight excluding hydrogens is 587 g/mol. The van der Waals surface area contributed by atoms with E-state index in [1.54, 1.807) is 0 Å². The minimum absolute atomic E-state index is 0.288. The van der Waals surface area contributed by atoms with E-state index < -0.39 is 0 Å². The molecule has 2 aliphatic rings. The second kappa shape index (κ2) is 11.8. The number of amidine groups is 1. The van der Waals surface area contributed by atoms with Gasteiger partial charge in [0.15, 0.2) is 0 Å². The van der Waals surface area contributed by atoms with Gasteiger partial charge in [-0.05, 0) is 80.8 Å². The predicted molar refractivity (Wildman–Crippen MR) is 200 cm³/mol. The minimum atomic E-state index is -0.288. The van der Waals surface area contributed by atoms with Gasteiger partial charge in [0.25, 0.3) is 0 Å². The summed E-state index contributed by atoms with van der Waals surface area (Å²) in [5.74, 6) is 7.89. The summed E-state index contributed by atoms with van der Waals surface area (Å²) < 4.78 is 6.91. The summed E-state index contributed by atoms with van der Waals surface area (Å²) in [6.45, 7) is 0. The molecule has 9 rings (SSSR count). The standard InChI is InChI=1S/C44H35N3O/c45-47-44(32-25-24-28-12-4-5-15-30(28)26-32)46-42(29-13-2-1-3-14-29)37-21-11-23-40-41(37)38-22-10-20-36(43(38)48-40)39-27-31-16-6-7-17-33(31)34-18-8-9-19-35(34)39/h1-5,7-10,12-15,17-22,24-27,42H,6,11,16,23,45H2,(H,46,47). The zero-order valence-corrected chi connectivity index (χ0v) is 26.6. The Morgan fingerprint density at radius 1 is 0.708 bits per heavy atom. The number of allylic oxidation sites excluding steroid dienone is 2. The van der Waals surface area contributed by atoms with Crippen molar-refractivity contribution in [2.75, 3.05) is 0 Å². The van der Waals surface area contributed by atoms with Gasteiger partial charge in [-0.25, -0.2) is 5.84 Å². The third kappa shape index (κ3) is 4.76. The van der Waals surface area contributed by atoms with Crippen LogP contribution >= 0.6 is 0 Å². The van der Waals surface area contributed by atoms with E-state index in [1.807, 2.05) is 0 Å². The zero-order valence-electron chi connectivity index (χ0n) is 26.6. The molecule has 0 amide bonds. The van der Waals surface area contributed by atoms with Gasteiger partial charge in [0, 0.05) is 28.5 Å². The van der Waals surface area contributed by atoms with Crippen molar-refractivity contribution in [3.63, 3.8) is 0 Å². The Balaban J connectivity index is 1.22. The Labute approximate surface area is 279 Å². The Kier molecular flexibility index (Phi) is 7.02. The minimum Gasteiger partial charge on any atom is -0.460 e. The van der Waals surface area contributed by atoms with Crippen molar-refractivity contribution in [2.45, 2.75) is 31.7 Å². The average Bonchev–Trinajstić information content (AvgIpc) is 3.55. The SMILES string of the molecule is NNC(=NC(C1=CCCc2oc3c(-c4cc5c(c6ccccc46)C=CCC5)cccc3c21)c1ccccc1)c1ccc2ccccc2c1. The first-order valence-corrected chi connectivity index (χ1v) is 16.8. The number of para-hydroxylation sites is 1. The molecule has 232 valence electrons. The van der Waals surface area contributed by atoms with E-state index in [1.165, 1.54) is 32.8 Å². The van der Waals surface area contributed by atoms with E-state index >= 15 is 0 Å². The maximum Gasteiger partial charge on any atom is 0.143 e. The van der Waals surface area contributed by atoms with Gasteiger partial charge in [-0.3, -0.25) is 4.99 Å². The highest BCUT2D eigenvalue weighted by Crippen LogP contribution is 2.47. The zero-order chi connectivity index (χ0) is 32.0. The summed E-state index contributed by atoms with van der Waals surface area (Å²) in [4.78, 5) is 5.38. The van der Waals surface area contributed by atoms with Crippen LogP contribution in [0.3, 0.4) is 0 Å². The van der Waals surface area contributed by atoms with Crippen LogP contribution in [-0.2, 0) is 12.8 Å². The van der Waals surface area contributed by atoms with Crippen molar-refractivity contribution in [3.8, 4) is 11.1 Å². The number of nitrogens with one attached hydrogen (secondary N) is 1. The van der Waals surface area contributed by atoms with Crippen LogP contribution in [0.1, 0.15) is 52.5 Å². The summed E-state index contributed by atoms with van der Waals surface area (Å²) in [5.41, 5.74) is 13.3. The molecule has 0 saturated heterocycles. The van der Waals surface area contributed by atoms with Crippen molar-refractivity contribution < 1.29 is 4.42 Å². The quantitative estimate of drug-likeness (QED) is 0.0870. The fourth-order valence-corrected chi connectivity index (χ4v) is 7.72. The lowest BCUT2D eigenvalue weighted by Crippen LogP contribution is -2.31. The summed E-state index contributed by atoms with van der Waals surface area (Å²) in [7, 11) is 0. The van der Waals surface area contributed by atoms with Crippen molar-refractivity contribution >= 4 is 50.0 Å². The number of nitrogens with two attached hydrogens (primary N) is 1. The number of aliphatic imine (C=N–C) groups is 1. The Hall–Kier alpha value is -5.71. The van der Waals surface area contributed by atoms with Gasteiger partial charge in [-0.2, -0.15) is 0 Å². The van der Waals surface area contributed by atoms with Crippen LogP contribution in [0.15, 0.2) is 143 Å². The van der Waals surface area contributed by atoms with E-state index in [0.29, 0.717) is 5.84 Å². The van der Waals surface area contributed by atoms with Crippen LogP contribution in [0.5, 0.6) is 0 Å². The van der Waals surface area contributed by atoms with Crippen molar-refractivity contribution in [1.82, 2.24) is 5.43 Å². The number of benzene rings is 6. The molecule has 0 radical (unpaired) electrons. The maximum atomic E-state index is 6.91. The number of nitrogens with zero attached hydrogens (tertiary/aromatic N) is 1. The third-order valence-electron chi connectivity index (χ3n) is 9.97. The Morgan fingerprint density at radius 2 is 1.50 bits per heavy atom. The van der Waals surface area contributed by atoms with Crippen LogP contribution in [0, 0.1) is 0 Å². The molecule has 0 aliphatic heterocycles. The molecule has 0 fully saturated rings. The molecule has 1 unspecified atom stereocenters. The number of hydrogen-bond acceptors (Lipinski definition) is 3. The van der Waals surface area contributed by atoms with Gasteiger partial charge < -0.3 is 9.84 Å². The molecule has 0 spiro atoms. The summed E-state index contributed by atoms with van der Waals surface area (Å²) >= 11 is 0. The van der Waals surface area contributed by atoms with E-state index in [4.69, 9.17) is 15.3 Å². The number of rotatable bonds is 5. The highest BCUT2D eigenvalue weighted by atomic mass is 16.3. The van der Waals surface area contributed by atoms with Crippen LogP contribution in [0.4, 0.5) is 0 Å². The average molecular weight is 622 g/mol. The van der Waals surface area contributed by atoms with Crippen molar-refractivity contribution in [2.24, 2.45) is 10.8 Å². The highest BCUT2D eigenvalue weighted by molar-refractivity contribution is 6.09. The molecule has 7 aromatic rings. The van der Waals surface area contributed by atoms with Crippen LogP contribution < -0.4 is 11.3 Å². The first kappa shape index (κ1) is 28.5. The lowest BCUT2D eigenvalue weighted by atomic mass is 9.85. The van der Waals surface area contributed by atoms with E-state index in [0.717, 1.165) is 75.6 Å². The molecule has 2 aliphatic carbocycles. The number of hydrazine groups is 1. The van der Waals surface area contributed by atoms with Crippen molar-refractivity contribution in [1.29, 1.82) is 0 Å². The molecule has 6 aromatic carbocycles. The van der Waals surface area contributed by atoms with E-state index in [9.17, 15) is 0 Å². The smallest absolute Gasteiger partial charge is 0.143 e. The fraction of sp³-hybridized carbons (Fsp3) is 0.114. The third-order valence-corrected chi connectivity index (χ3v) is 9.97. The molecule has 1 aromatic heterocycles. The Morgan fingerprint density at radius 3 is 2.38 bits per heavy atom. The van der Waals surface area contributed by atoms with Crippen LogP contribution in [0.25, 0.3) is 55.3 Å². The Bertz CT molecular complexity index is 2450. The first-order valence-electron chi connectivity index (χ1n) is 16.8. The summed E-state index contributed by atoms with van der Waals surface area (Å²) in [6.07, 6.45) is 10.8. The largest absolute Gasteiger partial charge is 0.460 e. The maximum absolute atomic E-state index is 6.91. The molecule has 0 saturated carbocycles. The fourth-order valence-electron chi connectivity index (χ4n) is 7.72. The van der Waals surface area contributed by atoms with Crippen molar-refractivity contribution in [3.05, 3.63) is 167 Å². The number of furan rings is 1. The summed E-state index contributed by atoms with van der Waals surface area (Å²) in [6, 6.07) is 42.7. The second-order valence-corrected chi connectivity index (χ2v) is 12.8. The lowest BCUT2D eigenvalue weighted by molar-refractivity contribution is 0.545. The van der Waals surface area contributed by atoms with Gasteiger partial charge in [0.1, 0.15) is 23.2 Å². The van der Waals surface area contributed by atoms with Gasteiger partial charge >= 0.3 is 0 Å². The van der Waals surface area contributed by atoms with Gasteiger partial charge in [-0.15, -0.1) is 0 Å². The normalized spacial score (nSPS) is 14.9. The predicted octanol–water partition coefficient (Wildman–Crippen LogP) is 10.3. The second-order valence-electron chi connectivity index (χ2n) is 12.8. The van der Waals surface area contributed by atoms with Gasteiger partial charge in [0.2, 0.25) is 0 Å². The first-order chi connectivity index (χ1) is 23.8. The summed E-state index contributed by atoms with van der Waals surface area (Å²) in [5, 5.41) is 6.00. The molecular formula is C44H35N3O. The molecule has 1 heterocycles. The highest BCUT2D eigenvalue weighted by Gasteiger charge is 2.29. The lowest BCUT2D eigenvalue weighted by Gasteiger charge is -2.22. The molecule has 1 atom stereocenters. The number of fused-ring (bicyclic) bond motifs is 7.